The van der Waals surface area contributed by atoms with Crippen LogP contribution in [0.4, 0.5) is 0 Å². The molecule has 1 aromatic heterocycles. The molecular formula is C34H46ClN3O3S. The van der Waals surface area contributed by atoms with Gasteiger partial charge in [0.25, 0.3) is 0 Å². The zero-order valence-electron chi connectivity index (χ0n) is 25.7. The van der Waals surface area contributed by atoms with Crippen molar-refractivity contribution in [1.82, 2.24) is 13.8 Å². The van der Waals surface area contributed by atoms with Crippen LogP contribution in [0.1, 0.15) is 90.0 Å². The zero-order valence-corrected chi connectivity index (χ0v) is 27.3. The monoisotopic (exact) mass is 611 g/mol. The van der Waals surface area contributed by atoms with Crippen molar-refractivity contribution in [2.45, 2.75) is 109 Å². The highest BCUT2D eigenvalue weighted by Gasteiger charge is 2.34. The number of hydrogen-bond donors (Lipinski definition) is 0. The Balaban J connectivity index is 1.61. The first-order chi connectivity index (χ1) is 19.9. The van der Waals surface area contributed by atoms with E-state index in [9.17, 15) is 13.2 Å². The summed E-state index contributed by atoms with van der Waals surface area (Å²) in [6.07, 6.45) is 7.79. The summed E-state index contributed by atoms with van der Waals surface area (Å²) < 4.78 is 31.5. The molecule has 1 amide bonds. The number of sulfonamides is 1. The van der Waals surface area contributed by atoms with E-state index >= 15 is 0 Å². The molecule has 1 fully saturated rings. The van der Waals surface area contributed by atoms with Crippen molar-refractivity contribution >= 4 is 27.5 Å². The minimum atomic E-state index is -3.88. The van der Waals surface area contributed by atoms with Crippen molar-refractivity contribution in [1.29, 1.82) is 0 Å². The lowest BCUT2D eigenvalue weighted by Gasteiger charge is -2.37. The Bertz CT molecular complexity index is 1440. The Hall–Kier alpha value is -2.61. The highest BCUT2D eigenvalue weighted by Crippen LogP contribution is 2.28. The lowest BCUT2D eigenvalue weighted by molar-refractivity contribution is -0.135. The molecule has 1 saturated carbocycles. The fourth-order valence-corrected chi connectivity index (χ4v) is 7.56. The number of nitrogens with zero attached hydrogens (tertiary/aromatic N) is 3. The molecule has 8 heteroatoms. The van der Waals surface area contributed by atoms with E-state index in [1.165, 1.54) is 10.7 Å². The van der Waals surface area contributed by atoms with Crippen LogP contribution in [0.15, 0.2) is 71.8 Å². The van der Waals surface area contributed by atoms with Gasteiger partial charge >= 0.3 is 0 Å². The Labute approximate surface area is 257 Å². The topological polar surface area (TPSA) is 62.6 Å². The van der Waals surface area contributed by atoms with E-state index in [4.69, 9.17) is 11.6 Å². The molecule has 1 aliphatic carbocycles. The second kappa shape index (κ2) is 13.8. The minimum absolute atomic E-state index is 0.0847. The standard InChI is InChI=1S/C34H46ClN3O3S/c1-6-26(2)38(42(40,41)31-20-18-28(19-21-31)34(3,4)5)25-33(39)37(29-14-8-7-9-15-29)24-30-16-12-22-36(30)23-27-13-10-11-17-32(27)35/h10-13,16-22,26,29H,6-9,14-15,23-25H2,1-5H3. The first-order valence-corrected chi connectivity index (χ1v) is 17.0. The molecule has 1 aliphatic rings. The van der Waals surface area contributed by atoms with Crippen molar-refractivity contribution in [2.75, 3.05) is 6.54 Å². The van der Waals surface area contributed by atoms with E-state index in [1.807, 2.05) is 73.5 Å². The predicted molar refractivity (Wildman–Crippen MR) is 171 cm³/mol. The third-order valence-corrected chi connectivity index (χ3v) is 10.9. The molecular weight excluding hydrogens is 566 g/mol. The Morgan fingerprint density at radius 1 is 1.00 bits per heavy atom. The van der Waals surface area contributed by atoms with Gasteiger partial charge in [0.1, 0.15) is 0 Å². The second-order valence-electron chi connectivity index (χ2n) is 12.6. The van der Waals surface area contributed by atoms with Gasteiger partial charge in [-0.3, -0.25) is 4.79 Å². The minimum Gasteiger partial charge on any atom is -0.345 e. The van der Waals surface area contributed by atoms with Crippen LogP contribution in [0, 0.1) is 0 Å². The van der Waals surface area contributed by atoms with E-state index in [0.717, 1.165) is 42.5 Å². The molecule has 1 heterocycles. The van der Waals surface area contributed by atoms with E-state index in [2.05, 4.69) is 25.3 Å². The van der Waals surface area contributed by atoms with Gasteiger partial charge in [0.15, 0.2) is 0 Å². The van der Waals surface area contributed by atoms with Crippen LogP contribution < -0.4 is 0 Å². The van der Waals surface area contributed by atoms with E-state index in [0.29, 0.717) is 24.5 Å². The molecule has 228 valence electrons. The highest BCUT2D eigenvalue weighted by molar-refractivity contribution is 7.89. The molecule has 1 atom stereocenters. The SMILES string of the molecule is CCC(C)N(CC(=O)N(Cc1cccn1Cc1ccccc1Cl)C1CCCCC1)S(=O)(=O)c1ccc(C(C)(C)C)cc1. The van der Waals surface area contributed by atoms with Gasteiger partial charge in [0.05, 0.1) is 18.0 Å². The fraction of sp³-hybridized carbons (Fsp3) is 0.500. The van der Waals surface area contributed by atoms with Gasteiger partial charge in [-0.2, -0.15) is 4.31 Å². The fourth-order valence-electron chi connectivity index (χ4n) is 5.71. The van der Waals surface area contributed by atoms with Gasteiger partial charge in [-0.1, -0.05) is 88.9 Å². The molecule has 3 aromatic rings. The summed E-state index contributed by atoms with van der Waals surface area (Å²) in [6, 6.07) is 18.7. The number of carbonyl (C=O) groups excluding carboxylic acids is 1. The third-order valence-electron chi connectivity index (χ3n) is 8.59. The maximum Gasteiger partial charge on any atom is 0.243 e. The average Bonchev–Trinajstić information content (AvgIpc) is 3.41. The molecule has 0 N–H and O–H groups in total. The van der Waals surface area contributed by atoms with E-state index in [1.54, 1.807) is 12.1 Å². The van der Waals surface area contributed by atoms with Crippen LogP contribution in [-0.4, -0.2) is 46.7 Å². The molecule has 1 unspecified atom stereocenters. The number of aromatic nitrogens is 1. The second-order valence-corrected chi connectivity index (χ2v) is 14.9. The normalized spacial score (nSPS) is 15.6. The summed E-state index contributed by atoms with van der Waals surface area (Å²) in [6.45, 7) is 11.0. The molecule has 42 heavy (non-hydrogen) atoms. The van der Waals surface area contributed by atoms with Crippen LogP contribution in [0.3, 0.4) is 0 Å². The van der Waals surface area contributed by atoms with Gasteiger partial charge in [-0.05, 0) is 73.1 Å². The van der Waals surface area contributed by atoms with Crippen LogP contribution >= 0.6 is 11.6 Å². The number of rotatable bonds is 11. The number of halogens is 1. The van der Waals surface area contributed by atoms with Crippen LogP contribution in [0.2, 0.25) is 5.02 Å². The van der Waals surface area contributed by atoms with Crippen LogP contribution in [0.25, 0.3) is 0 Å². The van der Waals surface area contributed by atoms with Gasteiger partial charge in [0.2, 0.25) is 15.9 Å². The van der Waals surface area contributed by atoms with Crippen molar-refractivity contribution in [2.24, 2.45) is 0 Å². The number of amides is 1. The third kappa shape index (κ3) is 7.66. The molecule has 0 saturated heterocycles. The van der Waals surface area contributed by atoms with E-state index in [-0.39, 0.29) is 34.8 Å². The van der Waals surface area contributed by atoms with Gasteiger partial charge in [0, 0.05) is 35.5 Å². The van der Waals surface area contributed by atoms with Gasteiger partial charge in [-0.15, -0.1) is 0 Å². The smallest absolute Gasteiger partial charge is 0.243 e. The largest absolute Gasteiger partial charge is 0.345 e. The average molecular weight is 612 g/mol. The first kappa shape index (κ1) is 32.3. The number of hydrogen-bond acceptors (Lipinski definition) is 3. The van der Waals surface area contributed by atoms with Gasteiger partial charge in [-0.25, -0.2) is 8.42 Å². The van der Waals surface area contributed by atoms with Gasteiger partial charge < -0.3 is 9.47 Å². The Morgan fingerprint density at radius 2 is 1.67 bits per heavy atom. The van der Waals surface area contributed by atoms with Crippen molar-refractivity contribution in [3.05, 3.63) is 88.7 Å². The predicted octanol–water partition coefficient (Wildman–Crippen LogP) is 7.64. The first-order valence-electron chi connectivity index (χ1n) is 15.2. The number of benzene rings is 2. The highest BCUT2D eigenvalue weighted by atomic mass is 35.5. The molecule has 0 radical (unpaired) electrons. The molecule has 4 rings (SSSR count). The lowest BCUT2D eigenvalue weighted by Crippen LogP contribution is -2.49. The molecule has 0 bridgehead atoms. The maximum absolute atomic E-state index is 14.2. The van der Waals surface area contributed by atoms with Crippen molar-refractivity contribution < 1.29 is 13.2 Å². The summed E-state index contributed by atoms with van der Waals surface area (Å²) in [7, 11) is -3.88. The maximum atomic E-state index is 14.2. The molecule has 2 aromatic carbocycles. The summed E-state index contributed by atoms with van der Waals surface area (Å²) in [5, 5.41) is 0.710. The quantitative estimate of drug-likeness (QED) is 0.224. The van der Waals surface area contributed by atoms with Crippen molar-refractivity contribution in [3.63, 3.8) is 0 Å². The van der Waals surface area contributed by atoms with E-state index < -0.39 is 10.0 Å². The molecule has 0 spiro atoms. The Kier molecular flexibility index (Phi) is 10.6. The summed E-state index contributed by atoms with van der Waals surface area (Å²) in [4.78, 5) is 16.3. The molecule has 6 nitrogen and oxygen atoms in total. The van der Waals surface area contributed by atoms with Crippen LogP contribution in [0.5, 0.6) is 0 Å². The molecule has 0 aliphatic heterocycles. The summed E-state index contributed by atoms with van der Waals surface area (Å²) in [5.74, 6) is -0.150. The Morgan fingerprint density at radius 3 is 2.29 bits per heavy atom. The summed E-state index contributed by atoms with van der Waals surface area (Å²) in [5.41, 5.74) is 3.00. The summed E-state index contributed by atoms with van der Waals surface area (Å²) >= 11 is 6.46. The number of carbonyl (C=O) groups is 1. The van der Waals surface area contributed by atoms with Crippen LogP contribution in [-0.2, 0) is 33.3 Å². The van der Waals surface area contributed by atoms with Crippen molar-refractivity contribution in [3.8, 4) is 0 Å². The lowest BCUT2D eigenvalue weighted by atomic mass is 9.87. The zero-order chi connectivity index (χ0) is 30.5.